The fourth-order valence-corrected chi connectivity index (χ4v) is 3.91. The highest BCUT2D eigenvalue weighted by Crippen LogP contribution is 2.34. The van der Waals surface area contributed by atoms with Gasteiger partial charge in [-0.3, -0.25) is 9.59 Å². The van der Waals surface area contributed by atoms with Gasteiger partial charge >= 0.3 is 0 Å². The molecule has 1 aliphatic heterocycles. The number of nitrogens with zero attached hydrogens (tertiary/aromatic N) is 2. The SMILES string of the molecule is CC1CN(C=O)c2ccccc2N(CCC2CCCCC2)C1=O. The van der Waals surface area contributed by atoms with Gasteiger partial charge in [0.05, 0.1) is 17.3 Å². The van der Waals surface area contributed by atoms with Gasteiger partial charge in [-0.05, 0) is 24.5 Å². The highest BCUT2D eigenvalue weighted by molar-refractivity contribution is 6.02. The van der Waals surface area contributed by atoms with Crippen molar-refractivity contribution in [2.75, 3.05) is 22.9 Å². The summed E-state index contributed by atoms with van der Waals surface area (Å²) in [5.74, 6) is 0.709. The summed E-state index contributed by atoms with van der Waals surface area (Å²) in [5, 5.41) is 0. The van der Waals surface area contributed by atoms with Crippen LogP contribution in [0.1, 0.15) is 45.4 Å². The molecule has 1 saturated carbocycles. The van der Waals surface area contributed by atoms with Crippen LogP contribution in [0.5, 0.6) is 0 Å². The molecule has 23 heavy (non-hydrogen) atoms. The maximum atomic E-state index is 12.8. The molecule has 0 N–H and O–H groups in total. The normalized spacial score (nSPS) is 22.7. The second-order valence-electron chi connectivity index (χ2n) is 6.93. The van der Waals surface area contributed by atoms with Crippen molar-refractivity contribution in [2.24, 2.45) is 11.8 Å². The summed E-state index contributed by atoms with van der Waals surface area (Å²) in [6.45, 7) is 3.13. The van der Waals surface area contributed by atoms with Crippen LogP contribution >= 0.6 is 0 Å². The lowest BCUT2D eigenvalue weighted by atomic mass is 9.87. The molecule has 4 nitrogen and oxygen atoms in total. The first-order chi connectivity index (χ1) is 11.2. The fourth-order valence-electron chi connectivity index (χ4n) is 3.91. The number of amides is 2. The minimum absolute atomic E-state index is 0.137. The summed E-state index contributed by atoms with van der Waals surface area (Å²) in [6, 6.07) is 7.76. The molecule has 124 valence electrons. The molecule has 0 bridgehead atoms. The van der Waals surface area contributed by atoms with Crippen molar-refractivity contribution in [1.82, 2.24) is 0 Å². The third kappa shape index (κ3) is 3.41. The zero-order valence-electron chi connectivity index (χ0n) is 13.9. The first-order valence-electron chi connectivity index (χ1n) is 8.83. The molecule has 0 saturated heterocycles. The maximum absolute atomic E-state index is 12.8. The fraction of sp³-hybridized carbons (Fsp3) is 0.579. The first-order valence-corrected chi connectivity index (χ1v) is 8.83. The smallest absolute Gasteiger partial charge is 0.231 e. The lowest BCUT2D eigenvalue weighted by Crippen LogP contribution is -2.37. The number of hydrogen-bond donors (Lipinski definition) is 0. The Labute approximate surface area is 138 Å². The molecule has 0 aromatic heterocycles. The third-order valence-electron chi connectivity index (χ3n) is 5.25. The van der Waals surface area contributed by atoms with Gasteiger partial charge in [0.15, 0.2) is 0 Å². The van der Waals surface area contributed by atoms with E-state index in [1.165, 1.54) is 32.1 Å². The van der Waals surface area contributed by atoms with Gasteiger partial charge in [0.25, 0.3) is 0 Å². The number of hydrogen-bond acceptors (Lipinski definition) is 2. The second kappa shape index (κ2) is 7.16. The Morgan fingerprint density at radius 2 is 1.83 bits per heavy atom. The molecular weight excluding hydrogens is 288 g/mol. The van der Waals surface area contributed by atoms with Crippen molar-refractivity contribution in [2.45, 2.75) is 45.4 Å². The Morgan fingerprint density at radius 3 is 2.52 bits per heavy atom. The van der Waals surface area contributed by atoms with E-state index in [1.54, 1.807) is 4.90 Å². The zero-order chi connectivity index (χ0) is 16.2. The molecule has 1 aliphatic carbocycles. The monoisotopic (exact) mass is 314 g/mol. The van der Waals surface area contributed by atoms with Gasteiger partial charge in [-0.15, -0.1) is 0 Å². The van der Waals surface area contributed by atoms with Crippen LogP contribution < -0.4 is 9.80 Å². The predicted molar refractivity (Wildman–Crippen MR) is 92.6 cm³/mol. The molecular formula is C19H26N2O2. The highest BCUT2D eigenvalue weighted by atomic mass is 16.2. The second-order valence-corrected chi connectivity index (χ2v) is 6.93. The lowest BCUT2D eigenvalue weighted by molar-refractivity contribution is -0.121. The standard InChI is InChI=1S/C19H26N2O2/c1-15-13-20(14-22)17-9-5-6-10-18(17)21(19(15)23)12-11-16-7-3-2-4-8-16/h5-6,9-10,14-16H,2-4,7-8,11-13H2,1H3. The molecule has 2 amide bonds. The quantitative estimate of drug-likeness (QED) is 0.797. The molecule has 4 heteroatoms. The van der Waals surface area contributed by atoms with Crippen molar-refractivity contribution in [3.8, 4) is 0 Å². The van der Waals surface area contributed by atoms with E-state index in [0.717, 1.165) is 36.7 Å². The van der Waals surface area contributed by atoms with E-state index in [2.05, 4.69) is 0 Å². The predicted octanol–water partition coefficient (Wildman–Crippen LogP) is 3.60. The molecule has 3 rings (SSSR count). The summed E-state index contributed by atoms with van der Waals surface area (Å²) < 4.78 is 0. The van der Waals surface area contributed by atoms with Gasteiger partial charge in [-0.25, -0.2) is 0 Å². The minimum atomic E-state index is -0.168. The Hall–Kier alpha value is -1.84. The summed E-state index contributed by atoms with van der Waals surface area (Å²) in [7, 11) is 0. The van der Waals surface area contributed by atoms with Gasteiger partial charge in [0.1, 0.15) is 0 Å². The average molecular weight is 314 g/mol. The Morgan fingerprint density at radius 1 is 1.13 bits per heavy atom. The topological polar surface area (TPSA) is 40.6 Å². The Balaban J connectivity index is 1.83. The van der Waals surface area contributed by atoms with E-state index in [0.29, 0.717) is 6.54 Å². The Bertz CT molecular complexity index is 566. The van der Waals surface area contributed by atoms with Gasteiger partial charge in [0, 0.05) is 13.1 Å². The number of carbonyl (C=O) groups excluding carboxylic acids is 2. The van der Waals surface area contributed by atoms with Crippen LogP contribution in [0.15, 0.2) is 24.3 Å². The van der Waals surface area contributed by atoms with Crippen LogP contribution in [-0.4, -0.2) is 25.4 Å². The van der Waals surface area contributed by atoms with E-state index in [-0.39, 0.29) is 11.8 Å². The van der Waals surface area contributed by atoms with Gasteiger partial charge in [0.2, 0.25) is 12.3 Å². The van der Waals surface area contributed by atoms with Crippen molar-refractivity contribution in [3.63, 3.8) is 0 Å². The summed E-state index contributed by atoms with van der Waals surface area (Å²) in [6.07, 6.45) is 8.49. The molecule has 1 aromatic carbocycles. The van der Waals surface area contributed by atoms with Gasteiger partial charge in [-0.2, -0.15) is 0 Å². The van der Waals surface area contributed by atoms with Crippen LogP contribution in [0.25, 0.3) is 0 Å². The van der Waals surface area contributed by atoms with Crippen molar-refractivity contribution >= 4 is 23.7 Å². The molecule has 1 fully saturated rings. The largest absolute Gasteiger partial charge is 0.312 e. The molecule has 1 atom stereocenters. The minimum Gasteiger partial charge on any atom is -0.312 e. The molecule has 1 unspecified atom stereocenters. The van der Waals surface area contributed by atoms with E-state index in [4.69, 9.17) is 0 Å². The maximum Gasteiger partial charge on any atom is 0.231 e. The van der Waals surface area contributed by atoms with Crippen molar-refractivity contribution < 1.29 is 9.59 Å². The van der Waals surface area contributed by atoms with E-state index >= 15 is 0 Å². The zero-order valence-corrected chi connectivity index (χ0v) is 13.9. The first kappa shape index (κ1) is 16.0. The summed E-state index contributed by atoms with van der Waals surface area (Å²) in [4.78, 5) is 27.8. The lowest BCUT2D eigenvalue weighted by Gasteiger charge is -2.28. The van der Waals surface area contributed by atoms with Crippen LogP contribution in [0, 0.1) is 11.8 Å². The number of fused-ring (bicyclic) bond motifs is 1. The Kier molecular flexibility index (Phi) is 4.99. The average Bonchev–Trinajstić information content (AvgIpc) is 2.70. The van der Waals surface area contributed by atoms with Crippen LogP contribution in [-0.2, 0) is 9.59 Å². The molecule has 2 aliphatic rings. The number of carbonyl (C=O) groups is 2. The van der Waals surface area contributed by atoms with Crippen LogP contribution in [0.4, 0.5) is 11.4 Å². The number of para-hydroxylation sites is 2. The molecule has 0 spiro atoms. The van der Waals surface area contributed by atoms with Crippen LogP contribution in [0.2, 0.25) is 0 Å². The van der Waals surface area contributed by atoms with E-state index < -0.39 is 0 Å². The molecule has 1 aromatic rings. The van der Waals surface area contributed by atoms with E-state index in [9.17, 15) is 9.59 Å². The molecule has 0 radical (unpaired) electrons. The molecule has 1 heterocycles. The number of anilines is 2. The van der Waals surface area contributed by atoms with E-state index in [1.807, 2.05) is 36.1 Å². The van der Waals surface area contributed by atoms with Crippen molar-refractivity contribution in [1.29, 1.82) is 0 Å². The van der Waals surface area contributed by atoms with Gasteiger partial charge < -0.3 is 9.80 Å². The third-order valence-corrected chi connectivity index (χ3v) is 5.25. The van der Waals surface area contributed by atoms with Crippen LogP contribution in [0.3, 0.4) is 0 Å². The number of rotatable bonds is 4. The van der Waals surface area contributed by atoms with Crippen molar-refractivity contribution in [3.05, 3.63) is 24.3 Å². The summed E-state index contributed by atoms with van der Waals surface area (Å²) >= 11 is 0. The number of benzene rings is 1. The summed E-state index contributed by atoms with van der Waals surface area (Å²) in [5.41, 5.74) is 1.73. The highest BCUT2D eigenvalue weighted by Gasteiger charge is 2.31. The van der Waals surface area contributed by atoms with Gasteiger partial charge in [-0.1, -0.05) is 51.2 Å².